The first kappa shape index (κ1) is 17.2. The van der Waals surface area contributed by atoms with Crippen molar-refractivity contribution in [1.29, 1.82) is 0 Å². The molecule has 0 fully saturated rings. The van der Waals surface area contributed by atoms with Gasteiger partial charge in [0, 0.05) is 13.0 Å². The van der Waals surface area contributed by atoms with Gasteiger partial charge in [-0.25, -0.2) is 0 Å². The average Bonchev–Trinajstić information content (AvgIpc) is 3.19. The average molecular weight is 378 g/mol. The number of thioether (sulfide) groups is 1. The summed E-state index contributed by atoms with van der Waals surface area (Å²) in [6.07, 6.45) is 0.733. The fourth-order valence-electron chi connectivity index (χ4n) is 2.32. The number of thiophene rings is 1. The van der Waals surface area contributed by atoms with Crippen LogP contribution in [0.2, 0.25) is 4.34 Å². The zero-order chi connectivity index (χ0) is 16.9. The van der Waals surface area contributed by atoms with Crippen LogP contribution in [-0.4, -0.2) is 26.3 Å². The molecular formula is C17H16ClN3OS2. The smallest absolute Gasteiger partial charge is 0.191 e. The molecule has 0 unspecified atom stereocenters. The third-order valence-electron chi connectivity index (χ3n) is 3.50. The summed E-state index contributed by atoms with van der Waals surface area (Å²) < 4.78 is 2.69. The van der Waals surface area contributed by atoms with E-state index in [1.807, 2.05) is 18.2 Å². The Kier molecular flexibility index (Phi) is 5.71. The van der Waals surface area contributed by atoms with Gasteiger partial charge in [-0.2, -0.15) is 0 Å². The number of benzene rings is 1. The van der Waals surface area contributed by atoms with Crippen molar-refractivity contribution in [3.8, 4) is 0 Å². The number of hydrogen-bond donors (Lipinski definition) is 0. The van der Waals surface area contributed by atoms with E-state index >= 15 is 0 Å². The van der Waals surface area contributed by atoms with Crippen LogP contribution < -0.4 is 0 Å². The minimum atomic E-state index is 0.0622. The highest BCUT2D eigenvalue weighted by molar-refractivity contribution is 7.99. The Morgan fingerprint density at radius 1 is 1.21 bits per heavy atom. The molecule has 0 radical (unpaired) electrons. The second-order valence-corrected chi connectivity index (χ2v) is 7.78. The number of rotatable bonds is 7. The summed E-state index contributed by atoms with van der Waals surface area (Å²) >= 11 is 8.61. The van der Waals surface area contributed by atoms with Crippen LogP contribution in [0.5, 0.6) is 0 Å². The van der Waals surface area contributed by atoms with Gasteiger partial charge in [-0.1, -0.05) is 53.7 Å². The van der Waals surface area contributed by atoms with Gasteiger partial charge >= 0.3 is 0 Å². The summed E-state index contributed by atoms with van der Waals surface area (Å²) in [6.45, 7) is 2.83. The second-order valence-electron chi connectivity index (χ2n) is 5.12. The van der Waals surface area contributed by atoms with Crippen LogP contribution in [0.3, 0.4) is 0 Å². The first-order valence-electron chi connectivity index (χ1n) is 7.54. The molecule has 7 heteroatoms. The molecular weight excluding hydrogens is 362 g/mol. The number of aromatic nitrogens is 3. The number of ketones is 1. The van der Waals surface area contributed by atoms with Crippen molar-refractivity contribution in [3.63, 3.8) is 0 Å². The largest absolute Gasteiger partial charge is 0.306 e. The van der Waals surface area contributed by atoms with Gasteiger partial charge in [0.15, 0.2) is 10.9 Å². The number of carbonyl (C=O) groups is 1. The van der Waals surface area contributed by atoms with Gasteiger partial charge in [-0.15, -0.1) is 21.5 Å². The molecule has 24 heavy (non-hydrogen) atoms. The molecule has 2 heterocycles. The van der Waals surface area contributed by atoms with Crippen molar-refractivity contribution < 1.29 is 4.79 Å². The fourth-order valence-corrected chi connectivity index (χ4v) is 4.29. The van der Waals surface area contributed by atoms with Crippen molar-refractivity contribution in [1.82, 2.24) is 14.8 Å². The molecule has 0 N–H and O–H groups in total. The van der Waals surface area contributed by atoms with Gasteiger partial charge in [0.2, 0.25) is 0 Å². The number of halogens is 1. The van der Waals surface area contributed by atoms with E-state index < -0.39 is 0 Å². The summed E-state index contributed by atoms with van der Waals surface area (Å²) in [4.78, 5) is 12.9. The molecule has 1 aromatic carbocycles. The van der Waals surface area contributed by atoms with Crippen molar-refractivity contribution in [2.45, 2.75) is 25.0 Å². The van der Waals surface area contributed by atoms with Crippen molar-refractivity contribution >= 4 is 40.5 Å². The number of carbonyl (C=O) groups excluding carboxylic acids is 1. The summed E-state index contributed by atoms with van der Waals surface area (Å²) in [5.41, 5.74) is 1.19. The molecule has 4 nitrogen and oxygen atoms in total. The maximum absolute atomic E-state index is 12.2. The van der Waals surface area contributed by atoms with Crippen molar-refractivity contribution in [3.05, 3.63) is 63.1 Å². The summed E-state index contributed by atoms with van der Waals surface area (Å²) in [7, 11) is 0. The summed E-state index contributed by atoms with van der Waals surface area (Å²) in [5.74, 6) is 1.31. The number of nitrogens with zero attached hydrogens (tertiary/aromatic N) is 3. The van der Waals surface area contributed by atoms with Crippen molar-refractivity contribution in [2.75, 3.05) is 5.75 Å². The van der Waals surface area contributed by atoms with E-state index in [4.69, 9.17) is 11.6 Å². The molecule has 3 aromatic rings. The molecule has 124 valence electrons. The monoisotopic (exact) mass is 377 g/mol. The van der Waals surface area contributed by atoms with Crippen molar-refractivity contribution in [2.24, 2.45) is 0 Å². The molecule has 3 rings (SSSR count). The highest BCUT2D eigenvalue weighted by Gasteiger charge is 2.15. The van der Waals surface area contributed by atoms with Crippen LogP contribution >= 0.6 is 34.7 Å². The Balaban J connectivity index is 1.69. The minimum Gasteiger partial charge on any atom is -0.306 e. The third-order valence-corrected chi connectivity index (χ3v) is 5.73. The topological polar surface area (TPSA) is 47.8 Å². The van der Waals surface area contributed by atoms with Gasteiger partial charge in [0.25, 0.3) is 0 Å². The summed E-state index contributed by atoms with van der Waals surface area (Å²) in [5, 5.41) is 9.33. The van der Waals surface area contributed by atoms with E-state index in [1.165, 1.54) is 28.7 Å². The number of Topliss-reactive ketones (excluding diaryl/α,β-unsaturated/α-hetero) is 1. The van der Waals surface area contributed by atoms with Crippen LogP contribution in [0.25, 0.3) is 0 Å². The third kappa shape index (κ3) is 4.06. The maximum atomic E-state index is 12.2. The van der Waals surface area contributed by atoms with Crippen LogP contribution in [-0.2, 0) is 13.0 Å². The van der Waals surface area contributed by atoms with Gasteiger partial charge < -0.3 is 4.57 Å². The zero-order valence-corrected chi connectivity index (χ0v) is 15.5. The normalized spacial score (nSPS) is 10.9. The van der Waals surface area contributed by atoms with E-state index in [0.717, 1.165) is 23.9 Å². The predicted octanol–water partition coefficient (Wildman–Crippen LogP) is 4.58. The van der Waals surface area contributed by atoms with Gasteiger partial charge in [0.05, 0.1) is 15.0 Å². The Labute approximate surface area is 153 Å². The molecule has 0 bridgehead atoms. The van der Waals surface area contributed by atoms with E-state index in [-0.39, 0.29) is 5.78 Å². The molecule has 0 aliphatic rings. The van der Waals surface area contributed by atoms with Crippen LogP contribution in [0, 0.1) is 0 Å². The Morgan fingerprint density at radius 3 is 2.67 bits per heavy atom. The van der Waals surface area contributed by atoms with Crippen LogP contribution in [0.15, 0.2) is 47.6 Å². The van der Waals surface area contributed by atoms with E-state index in [0.29, 0.717) is 15.0 Å². The van der Waals surface area contributed by atoms with E-state index in [2.05, 4.69) is 33.8 Å². The molecule has 0 aliphatic carbocycles. The number of hydrogen-bond acceptors (Lipinski definition) is 5. The van der Waals surface area contributed by atoms with Gasteiger partial charge in [-0.05, 0) is 24.6 Å². The molecule has 0 atom stereocenters. The quantitative estimate of drug-likeness (QED) is 0.446. The Morgan fingerprint density at radius 2 is 2.00 bits per heavy atom. The zero-order valence-electron chi connectivity index (χ0n) is 13.1. The molecule has 0 saturated heterocycles. The lowest BCUT2D eigenvalue weighted by Gasteiger charge is -2.07. The highest BCUT2D eigenvalue weighted by atomic mass is 35.5. The van der Waals surface area contributed by atoms with E-state index in [9.17, 15) is 4.79 Å². The SMILES string of the molecule is CCn1c(Cc2ccccc2)nnc1SCC(=O)c1ccc(Cl)s1. The fraction of sp³-hybridized carbons (Fsp3) is 0.235. The molecule has 0 spiro atoms. The lowest BCUT2D eigenvalue weighted by molar-refractivity contribution is 0.102. The van der Waals surface area contributed by atoms with Gasteiger partial charge in [-0.3, -0.25) is 4.79 Å². The first-order chi connectivity index (χ1) is 11.7. The molecule has 2 aromatic heterocycles. The Hall–Kier alpha value is -1.63. The maximum Gasteiger partial charge on any atom is 0.191 e. The lowest BCUT2D eigenvalue weighted by atomic mass is 10.1. The molecule has 0 amide bonds. The van der Waals surface area contributed by atoms with Crippen LogP contribution in [0.1, 0.15) is 28.0 Å². The standard InChI is InChI=1S/C17H16ClN3OS2/c1-2-21-16(10-12-6-4-3-5-7-12)19-20-17(21)23-11-13(22)14-8-9-15(18)24-14/h3-9H,2,10-11H2,1H3. The molecule has 0 aliphatic heterocycles. The highest BCUT2D eigenvalue weighted by Crippen LogP contribution is 2.25. The Bertz CT molecular complexity index is 829. The van der Waals surface area contributed by atoms with Gasteiger partial charge in [0.1, 0.15) is 5.82 Å². The summed E-state index contributed by atoms with van der Waals surface area (Å²) in [6, 6.07) is 13.7. The predicted molar refractivity (Wildman–Crippen MR) is 99.3 cm³/mol. The first-order valence-corrected chi connectivity index (χ1v) is 9.72. The molecule has 0 saturated carbocycles. The minimum absolute atomic E-state index is 0.0622. The lowest BCUT2D eigenvalue weighted by Crippen LogP contribution is -2.06. The van der Waals surface area contributed by atoms with E-state index in [1.54, 1.807) is 12.1 Å². The van der Waals surface area contributed by atoms with Crippen LogP contribution in [0.4, 0.5) is 0 Å². The second kappa shape index (κ2) is 7.96.